The van der Waals surface area contributed by atoms with Gasteiger partial charge in [0.05, 0.1) is 11.7 Å². The molecule has 1 saturated carbocycles. The molecule has 0 aromatic heterocycles. The van der Waals surface area contributed by atoms with Gasteiger partial charge in [0.15, 0.2) is 5.78 Å². The Balaban J connectivity index is 1.68. The number of likely N-dealkylation sites (tertiary alicyclic amines) is 1. The second-order valence-corrected chi connectivity index (χ2v) is 8.66. The number of hydrogen-bond donors (Lipinski definition) is 2. The van der Waals surface area contributed by atoms with Gasteiger partial charge in [0.1, 0.15) is 16.8 Å². The van der Waals surface area contributed by atoms with Gasteiger partial charge in [-0.2, -0.15) is 0 Å². The van der Waals surface area contributed by atoms with Crippen LogP contribution in [0.2, 0.25) is 0 Å². The van der Waals surface area contributed by atoms with E-state index in [1.807, 2.05) is 16.7 Å². The predicted octanol–water partition coefficient (Wildman–Crippen LogP) is 2.05. The van der Waals surface area contributed by atoms with E-state index in [1.54, 1.807) is 0 Å². The van der Waals surface area contributed by atoms with Crippen LogP contribution in [-0.2, 0) is 9.59 Å². The Labute approximate surface area is 167 Å². The van der Waals surface area contributed by atoms with Crippen molar-refractivity contribution in [2.75, 3.05) is 19.7 Å². The van der Waals surface area contributed by atoms with E-state index in [-0.39, 0.29) is 35.6 Å². The summed E-state index contributed by atoms with van der Waals surface area (Å²) in [4.78, 5) is 27.9. The molecule has 8 heteroatoms. The van der Waals surface area contributed by atoms with Crippen molar-refractivity contribution in [1.29, 1.82) is 0 Å². The first-order valence-corrected chi connectivity index (χ1v) is 10.2. The van der Waals surface area contributed by atoms with Crippen LogP contribution < -0.4 is 0 Å². The van der Waals surface area contributed by atoms with Crippen LogP contribution in [0.1, 0.15) is 26.2 Å². The number of halogens is 2. The van der Waals surface area contributed by atoms with Crippen LogP contribution in [-0.4, -0.2) is 68.9 Å². The molecule has 2 aliphatic heterocycles. The molecule has 6 nitrogen and oxygen atoms in total. The van der Waals surface area contributed by atoms with Crippen molar-refractivity contribution in [1.82, 2.24) is 9.80 Å². The zero-order valence-corrected chi connectivity index (χ0v) is 16.4. The number of aliphatic hydroxyl groups excluding tert-OH is 1. The smallest absolute Gasteiger partial charge is 0.341 e. The van der Waals surface area contributed by atoms with Crippen LogP contribution in [0, 0.1) is 11.8 Å². The van der Waals surface area contributed by atoms with E-state index in [0.29, 0.717) is 18.8 Å². The topological polar surface area (TPSA) is 81.1 Å². The van der Waals surface area contributed by atoms with Crippen molar-refractivity contribution in [2.45, 2.75) is 43.6 Å². The zero-order chi connectivity index (χ0) is 20.2. The lowest BCUT2D eigenvalue weighted by molar-refractivity contribution is -0.134. The van der Waals surface area contributed by atoms with Crippen molar-refractivity contribution >= 4 is 23.4 Å². The largest absolute Gasteiger partial charge is 0.477 e. The van der Waals surface area contributed by atoms with Gasteiger partial charge in [-0.3, -0.25) is 4.79 Å². The number of ketones is 1. The highest BCUT2D eigenvalue weighted by molar-refractivity contribution is 6.28. The molecule has 1 saturated heterocycles. The summed E-state index contributed by atoms with van der Waals surface area (Å²) in [7, 11) is 0. The number of allylic oxidation sites excluding steroid dienone is 2. The van der Waals surface area contributed by atoms with Gasteiger partial charge < -0.3 is 20.0 Å². The van der Waals surface area contributed by atoms with Crippen molar-refractivity contribution in [3.8, 4) is 0 Å². The lowest BCUT2D eigenvalue weighted by Crippen LogP contribution is -2.51. The van der Waals surface area contributed by atoms with Crippen molar-refractivity contribution in [3.63, 3.8) is 0 Å². The van der Waals surface area contributed by atoms with Crippen LogP contribution in [0.3, 0.4) is 0 Å². The Morgan fingerprint density at radius 3 is 2.71 bits per heavy atom. The number of nitrogens with zero attached hydrogens (tertiary/aromatic N) is 2. The fourth-order valence-corrected chi connectivity index (χ4v) is 5.00. The maximum atomic E-state index is 15.1. The maximum Gasteiger partial charge on any atom is 0.341 e. The number of alkyl halides is 1. The number of rotatable bonds is 5. The number of fused-ring (bicyclic) bond motifs is 1. The van der Waals surface area contributed by atoms with Gasteiger partial charge in [-0.15, -0.1) is 11.6 Å². The zero-order valence-electron chi connectivity index (χ0n) is 15.6. The molecule has 2 heterocycles. The molecule has 28 heavy (non-hydrogen) atoms. The minimum atomic E-state index is -1.31. The van der Waals surface area contributed by atoms with Crippen LogP contribution in [0.5, 0.6) is 0 Å². The molecule has 152 valence electrons. The number of aliphatic carboxylic acids is 1. The average Bonchev–Trinajstić information content (AvgIpc) is 3.39. The number of carboxylic acids is 1. The molecule has 0 amide bonds. The molecular formula is C20H24ClFN2O4. The average molecular weight is 411 g/mol. The fourth-order valence-electron chi connectivity index (χ4n) is 4.49. The fraction of sp³-hybridized carbons (Fsp3) is 0.600. The van der Waals surface area contributed by atoms with E-state index in [1.165, 1.54) is 12.3 Å². The van der Waals surface area contributed by atoms with Crippen LogP contribution in [0.25, 0.3) is 0 Å². The van der Waals surface area contributed by atoms with E-state index in [0.717, 1.165) is 19.3 Å². The van der Waals surface area contributed by atoms with Gasteiger partial charge in [-0.1, -0.05) is 6.92 Å². The van der Waals surface area contributed by atoms with Crippen LogP contribution in [0.4, 0.5) is 4.39 Å². The van der Waals surface area contributed by atoms with Crippen LogP contribution in [0.15, 0.2) is 34.9 Å². The third-order valence-corrected chi connectivity index (χ3v) is 6.79. The quantitative estimate of drug-likeness (QED) is 0.533. The Hall–Kier alpha value is -1.86. The maximum absolute atomic E-state index is 15.1. The van der Waals surface area contributed by atoms with Gasteiger partial charge >= 0.3 is 5.97 Å². The standard InChI is InChI=1S/C20H24ClFN2O4/c1-10(9-25)11-4-5-23(7-11)18-15(22)6-13-17(16(18)21)24(12-2-3-12)8-14(19(13)26)20(27)28/h6,8,10-12,16-17,25H,2-5,7,9H2,1H3,(H,27,28). The summed E-state index contributed by atoms with van der Waals surface area (Å²) in [5, 5.41) is 18.0. The van der Waals surface area contributed by atoms with E-state index in [4.69, 9.17) is 11.6 Å². The summed E-state index contributed by atoms with van der Waals surface area (Å²) in [5.41, 5.74) is 0.147. The molecule has 0 bridgehead atoms. The highest BCUT2D eigenvalue weighted by Gasteiger charge is 2.49. The first kappa shape index (κ1) is 19.5. The number of carboxylic acid groups (broad SMARTS) is 1. The van der Waals surface area contributed by atoms with Gasteiger partial charge in [-0.05, 0) is 37.2 Å². The highest BCUT2D eigenvalue weighted by atomic mass is 35.5. The van der Waals surface area contributed by atoms with E-state index in [9.17, 15) is 19.8 Å². The third kappa shape index (κ3) is 3.14. The second kappa shape index (κ2) is 7.19. The molecule has 2 aliphatic carbocycles. The molecule has 2 fully saturated rings. The summed E-state index contributed by atoms with van der Waals surface area (Å²) >= 11 is 6.75. The monoisotopic (exact) mass is 410 g/mol. The third-order valence-electron chi connectivity index (χ3n) is 6.35. The van der Waals surface area contributed by atoms with Crippen molar-refractivity contribution < 1.29 is 24.2 Å². The molecule has 2 N–H and O–H groups in total. The first-order valence-electron chi connectivity index (χ1n) is 9.71. The lowest BCUT2D eigenvalue weighted by atomic mass is 9.85. The summed E-state index contributed by atoms with van der Waals surface area (Å²) in [5.74, 6) is -2.17. The molecule has 4 rings (SSSR count). The molecule has 0 aromatic carbocycles. The summed E-state index contributed by atoms with van der Waals surface area (Å²) in [6.07, 6.45) is 5.20. The molecular weight excluding hydrogens is 387 g/mol. The van der Waals surface area contributed by atoms with E-state index >= 15 is 4.39 Å². The Kier molecular flexibility index (Phi) is 5.00. The molecule has 4 atom stereocenters. The predicted molar refractivity (Wildman–Crippen MR) is 101 cm³/mol. The van der Waals surface area contributed by atoms with E-state index in [2.05, 4.69) is 0 Å². The molecule has 0 aromatic rings. The normalized spacial score (nSPS) is 31.6. The molecule has 4 aliphatic rings. The molecule has 0 spiro atoms. The van der Waals surface area contributed by atoms with Crippen molar-refractivity contribution in [3.05, 3.63) is 34.9 Å². The number of carbonyl (C=O) groups is 2. The number of carbonyl (C=O) groups excluding carboxylic acids is 1. The Bertz CT molecular complexity index is 804. The Morgan fingerprint density at radius 1 is 1.39 bits per heavy atom. The number of aliphatic hydroxyl groups is 1. The van der Waals surface area contributed by atoms with Gasteiger partial charge in [-0.25, -0.2) is 9.18 Å². The minimum absolute atomic E-state index is 0.0870. The summed E-state index contributed by atoms with van der Waals surface area (Å²) < 4.78 is 15.1. The van der Waals surface area contributed by atoms with Crippen molar-refractivity contribution in [2.24, 2.45) is 11.8 Å². The summed E-state index contributed by atoms with van der Waals surface area (Å²) in [6.45, 7) is 3.31. The Morgan fingerprint density at radius 2 is 2.11 bits per heavy atom. The lowest BCUT2D eigenvalue weighted by Gasteiger charge is -2.43. The van der Waals surface area contributed by atoms with Crippen LogP contribution >= 0.6 is 11.6 Å². The minimum Gasteiger partial charge on any atom is -0.477 e. The molecule has 0 radical (unpaired) electrons. The van der Waals surface area contributed by atoms with Gasteiger partial charge in [0, 0.05) is 37.5 Å². The van der Waals surface area contributed by atoms with Gasteiger partial charge in [0.25, 0.3) is 0 Å². The van der Waals surface area contributed by atoms with Gasteiger partial charge in [0.2, 0.25) is 0 Å². The first-order chi connectivity index (χ1) is 13.3. The molecule has 4 unspecified atom stereocenters. The van der Waals surface area contributed by atoms with E-state index < -0.39 is 29.0 Å². The summed E-state index contributed by atoms with van der Waals surface area (Å²) in [6, 6.07) is -0.436. The highest BCUT2D eigenvalue weighted by Crippen LogP contribution is 2.44. The second-order valence-electron chi connectivity index (χ2n) is 8.19. The number of hydrogen-bond acceptors (Lipinski definition) is 5. The number of Topliss-reactive ketones (excluding diaryl/α,β-unsaturated/α-hetero) is 1. The SMILES string of the molecule is CC(CO)C1CCN(C2=C(F)C=C3C(=O)C(C(=O)O)=CN(C4CC4)C3C2Cl)C1.